The molecule has 1 aliphatic heterocycles. The number of carbonyl (C=O) groups is 1. The number of hydrogen-bond acceptors (Lipinski definition) is 4. The summed E-state index contributed by atoms with van der Waals surface area (Å²) in [6, 6.07) is 6.90. The van der Waals surface area contributed by atoms with Gasteiger partial charge in [0.2, 0.25) is 0 Å². The first-order valence-electron chi connectivity index (χ1n) is 7.31. The fourth-order valence-electron chi connectivity index (χ4n) is 2.44. The van der Waals surface area contributed by atoms with E-state index in [0.717, 1.165) is 5.56 Å². The molecule has 2 unspecified atom stereocenters. The summed E-state index contributed by atoms with van der Waals surface area (Å²) in [6.07, 6.45) is -0.108. The molecule has 1 saturated heterocycles. The molecule has 0 saturated carbocycles. The lowest BCUT2D eigenvalue weighted by molar-refractivity contribution is -0.0536. The Morgan fingerprint density at radius 2 is 2.23 bits per heavy atom. The highest BCUT2D eigenvalue weighted by molar-refractivity contribution is 6.32. The Labute approximate surface area is 132 Å². The maximum atomic E-state index is 12.5. The van der Waals surface area contributed by atoms with Gasteiger partial charge in [-0.25, -0.2) is 10.6 Å². The molecule has 6 nitrogen and oxygen atoms in total. The minimum atomic E-state index is -0.239. The molecule has 1 aliphatic rings. The van der Waals surface area contributed by atoms with Crippen LogP contribution in [0.3, 0.4) is 0 Å². The highest BCUT2D eigenvalue weighted by Crippen LogP contribution is 2.18. The monoisotopic (exact) mass is 303 g/mol. The van der Waals surface area contributed by atoms with E-state index in [-0.39, 0.29) is 18.2 Å². The number of amides is 2. The SMILES string of the molecule is [B]c1ccc(C(C)N(N)C(=O)N2CCOC(COC)C2)cc1. The highest BCUT2D eigenvalue weighted by Gasteiger charge is 2.28. The van der Waals surface area contributed by atoms with E-state index >= 15 is 0 Å². The topological polar surface area (TPSA) is 68.0 Å². The first kappa shape index (κ1) is 16.8. The molecule has 22 heavy (non-hydrogen) atoms. The van der Waals surface area contributed by atoms with E-state index in [2.05, 4.69) is 0 Å². The molecule has 1 fully saturated rings. The number of nitrogens with zero attached hydrogens (tertiary/aromatic N) is 2. The van der Waals surface area contributed by atoms with Gasteiger partial charge in [-0.1, -0.05) is 29.7 Å². The standard InChI is InChI=1S/C15H22BN3O3/c1-11(12-3-5-13(16)6-4-12)19(17)15(20)18-7-8-22-14(9-18)10-21-2/h3-6,11,14H,7-10,17H2,1-2H3. The zero-order valence-electron chi connectivity index (χ0n) is 13.1. The molecule has 0 aliphatic carbocycles. The maximum Gasteiger partial charge on any atom is 0.334 e. The summed E-state index contributed by atoms with van der Waals surface area (Å²) in [5, 5.41) is 1.25. The number of hydrogen-bond donors (Lipinski definition) is 1. The second kappa shape index (κ2) is 7.62. The number of carbonyl (C=O) groups excluding carboxylic acids is 1. The van der Waals surface area contributed by atoms with E-state index in [0.29, 0.717) is 31.8 Å². The summed E-state index contributed by atoms with van der Waals surface area (Å²) in [5.74, 6) is 6.02. The Balaban J connectivity index is 2.00. The van der Waals surface area contributed by atoms with Crippen molar-refractivity contribution in [1.29, 1.82) is 0 Å². The van der Waals surface area contributed by atoms with Gasteiger partial charge in [0, 0.05) is 13.7 Å². The summed E-state index contributed by atoms with van der Waals surface area (Å²) in [6.45, 7) is 3.85. The Hall–Kier alpha value is -1.57. The zero-order valence-corrected chi connectivity index (χ0v) is 13.1. The van der Waals surface area contributed by atoms with Gasteiger partial charge in [0.25, 0.3) is 0 Å². The second-order valence-electron chi connectivity index (χ2n) is 5.43. The van der Waals surface area contributed by atoms with Crippen LogP contribution in [0.4, 0.5) is 4.79 Å². The van der Waals surface area contributed by atoms with E-state index in [9.17, 15) is 4.79 Å². The van der Waals surface area contributed by atoms with Crippen molar-refractivity contribution in [3.63, 3.8) is 0 Å². The van der Waals surface area contributed by atoms with Gasteiger partial charge >= 0.3 is 6.03 Å². The first-order chi connectivity index (χ1) is 10.5. The second-order valence-corrected chi connectivity index (χ2v) is 5.43. The van der Waals surface area contributed by atoms with Gasteiger partial charge in [-0.15, -0.1) is 0 Å². The van der Waals surface area contributed by atoms with Crippen LogP contribution >= 0.6 is 0 Å². The van der Waals surface area contributed by atoms with Crippen LogP contribution in [0.1, 0.15) is 18.5 Å². The van der Waals surface area contributed by atoms with Crippen molar-refractivity contribution in [1.82, 2.24) is 9.91 Å². The van der Waals surface area contributed by atoms with Gasteiger partial charge in [-0.3, -0.25) is 5.01 Å². The fraction of sp³-hybridized carbons (Fsp3) is 0.533. The number of benzene rings is 1. The number of ether oxygens (including phenoxy) is 2. The molecule has 1 aromatic rings. The number of morpholine rings is 1. The van der Waals surface area contributed by atoms with Crippen LogP contribution in [0.5, 0.6) is 0 Å². The third-order valence-corrected chi connectivity index (χ3v) is 3.82. The minimum absolute atomic E-state index is 0.108. The van der Waals surface area contributed by atoms with Crippen molar-refractivity contribution < 1.29 is 14.3 Å². The van der Waals surface area contributed by atoms with Crippen molar-refractivity contribution in [3.8, 4) is 0 Å². The Morgan fingerprint density at radius 1 is 1.55 bits per heavy atom. The predicted molar refractivity (Wildman–Crippen MR) is 84.9 cm³/mol. The van der Waals surface area contributed by atoms with Crippen LogP contribution in [0.2, 0.25) is 0 Å². The Morgan fingerprint density at radius 3 is 2.86 bits per heavy atom. The Kier molecular flexibility index (Phi) is 5.82. The van der Waals surface area contributed by atoms with Gasteiger partial charge in [-0.2, -0.15) is 0 Å². The van der Waals surface area contributed by atoms with E-state index < -0.39 is 0 Å². The van der Waals surface area contributed by atoms with Gasteiger partial charge in [0.1, 0.15) is 7.85 Å². The van der Waals surface area contributed by atoms with E-state index in [1.165, 1.54) is 5.01 Å². The summed E-state index contributed by atoms with van der Waals surface area (Å²) < 4.78 is 10.6. The van der Waals surface area contributed by atoms with Crippen molar-refractivity contribution >= 4 is 19.3 Å². The molecule has 7 heteroatoms. The molecular formula is C15H22BN3O3. The fourth-order valence-corrected chi connectivity index (χ4v) is 2.44. The molecule has 2 atom stereocenters. The van der Waals surface area contributed by atoms with Crippen LogP contribution < -0.4 is 11.3 Å². The van der Waals surface area contributed by atoms with Gasteiger partial charge in [-0.05, 0) is 12.5 Å². The number of methoxy groups -OCH3 is 1. The number of rotatable bonds is 4. The molecule has 118 valence electrons. The maximum absolute atomic E-state index is 12.5. The molecule has 0 spiro atoms. The van der Waals surface area contributed by atoms with Gasteiger partial charge < -0.3 is 14.4 Å². The normalized spacial score (nSPS) is 19.8. The smallest absolute Gasteiger partial charge is 0.334 e. The van der Waals surface area contributed by atoms with Crippen LogP contribution in [-0.2, 0) is 9.47 Å². The molecule has 2 radical (unpaired) electrons. The molecular weight excluding hydrogens is 281 g/mol. The lowest BCUT2D eigenvalue weighted by atomic mass is 9.94. The average molecular weight is 303 g/mol. The summed E-state index contributed by atoms with van der Waals surface area (Å²) in [4.78, 5) is 14.2. The lowest BCUT2D eigenvalue weighted by Crippen LogP contribution is -2.54. The van der Waals surface area contributed by atoms with Crippen LogP contribution in [0.15, 0.2) is 24.3 Å². The van der Waals surface area contributed by atoms with Gasteiger partial charge in [0.15, 0.2) is 0 Å². The first-order valence-corrected chi connectivity index (χ1v) is 7.31. The van der Waals surface area contributed by atoms with E-state index in [1.54, 1.807) is 24.1 Å². The number of urea groups is 1. The molecule has 0 aromatic heterocycles. The van der Waals surface area contributed by atoms with Crippen LogP contribution in [0.25, 0.3) is 0 Å². The largest absolute Gasteiger partial charge is 0.382 e. The summed E-state index contributed by atoms with van der Waals surface area (Å²) in [7, 11) is 7.29. The summed E-state index contributed by atoms with van der Waals surface area (Å²) in [5.41, 5.74) is 1.62. The Bertz CT molecular complexity index is 495. The van der Waals surface area contributed by atoms with Crippen molar-refractivity contribution in [2.75, 3.05) is 33.4 Å². The minimum Gasteiger partial charge on any atom is -0.382 e. The predicted octanol–water partition coefficient (Wildman–Crippen LogP) is 0.184. The molecule has 2 N–H and O–H groups in total. The van der Waals surface area contributed by atoms with E-state index in [1.807, 2.05) is 19.1 Å². The molecule has 0 bridgehead atoms. The van der Waals surface area contributed by atoms with Crippen LogP contribution in [0, 0.1) is 0 Å². The van der Waals surface area contributed by atoms with Crippen molar-refractivity contribution in [2.45, 2.75) is 19.1 Å². The van der Waals surface area contributed by atoms with Crippen molar-refractivity contribution in [2.24, 2.45) is 5.84 Å². The van der Waals surface area contributed by atoms with Crippen molar-refractivity contribution in [3.05, 3.63) is 29.8 Å². The third-order valence-electron chi connectivity index (χ3n) is 3.82. The molecule has 2 rings (SSSR count). The average Bonchev–Trinajstić information content (AvgIpc) is 2.54. The van der Waals surface area contributed by atoms with E-state index in [4.69, 9.17) is 23.2 Å². The quantitative estimate of drug-likeness (QED) is 0.373. The lowest BCUT2D eigenvalue weighted by Gasteiger charge is -2.36. The molecule has 2 amide bonds. The number of nitrogens with two attached hydrogens (primary N) is 1. The van der Waals surface area contributed by atoms with Gasteiger partial charge in [0.05, 0.1) is 31.9 Å². The highest BCUT2D eigenvalue weighted by atomic mass is 16.5. The van der Waals surface area contributed by atoms with Crippen LogP contribution in [-0.4, -0.2) is 63.3 Å². The molecule has 1 heterocycles. The summed E-state index contributed by atoms with van der Waals surface area (Å²) >= 11 is 0. The third kappa shape index (κ3) is 4.00. The zero-order chi connectivity index (χ0) is 16.1. The molecule has 1 aromatic carbocycles. The number of hydrazine groups is 1.